The summed E-state index contributed by atoms with van der Waals surface area (Å²) in [6.45, 7) is 0.914. The van der Waals surface area contributed by atoms with Crippen LogP contribution in [0.2, 0.25) is 0 Å². The van der Waals surface area contributed by atoms with Crippen LogP contribution in [0.4, 0.5) is 13.2 Å². The zero-order chi connectivity index (χ0) is 19.0. The van der Waals surface area contributed by atoms with E-state index in [4.69, 9.17) is 0 Å². The second-order valence-electron chi connectivity index (χ2n) is 6.31. The van der Waals surface area contributed by atoms with E-state index in [0.717, 1.165) is 16.3 Å². The lowest BCUT2D eigenvalue weighted by atomic mass is 9.99. The van der Waals surface area contributed by atoms with Crippen LogP contribution in [0.1, 0.15) is 22.5 Å². The van der Waals surface area contributed by atoms with Gasteiger partial charge < -0.3 is 0 Å². The summed E-state index contributed by atoms with van der Waals surface area (Å²) < 4.78 is 39.8. The van der Waals surface area contributed by atoms with Crippen LogP contribution in [-0.2, 0) is 25.7 Å². The van der Waals surface area contributed by atoms with E-state index in [1.807, 2.05) is 45.7 Å². The predicted molar refractivity (Wildman–Crippen MR) is 95.2 cm³/mol. The van der Waals surface area contributed by atoms with E-state index in [1.54, 1.807) is 11.3 Å². The number of aromatic nitrogens is 3. The number of H-pyrrole nitrogens is 1. The van der Waals surface area contributed by atoms with Crippen molar-refractivity contribution in [2.45, 2.75) is 25.7 Å². The summed E-state index contributed by atoms with van der Waals surface area (Å²) in [6, 6.07) is 9.57. The molecule has 0 bridgehead atoms. The van der Waals surface area contributed by atoms with E-state index in [9.17, 15) is 18.0 Å². The first-order valence-corrected chi connectivity index (χ1v) is 9.19. The van der Waals surface area contributed by atoms with E-state index in [0.29, 0.717) is 13.1 Å². The molecule has 0 saturated heterocycles. The molecule has 1 aliphatic rings. The molecule has 0 aliphatic carbocycles. The van der Waals surface area contributed by atoms with Gasteiger partial charge in [-0.2, -0.15) is 18.3 Å². The van der Waals surface area contributed by atoms with E-state index in [2.05, 4.69) is 10.1 Å². The molecule has 3 aromatic heterocycles. The van der Waals surface area contributed by atoms with Gasteiger partial charge in [-0.1, -0.05) is 12.1 Å². The average Bonchev–Trinajstić information content (AvgIpc) is 3.16. The van der Waals surface area contributed by atoms with Gasteiger partial charge in [-0.3, -0.25) is 14.7 Å². The first-order chi connectivity index (χ1) is 12.9. The van der Waals surface area contributed by atoms with E-state index < -0.39 is 17.4 Å². The normalized spacial score (nSPS) is 14.9. The lowest BCUT2D eigenvalue weighted by Gasteiger charge is -2.29. The number of pyridine rings is 1. The molecule has 0 unspecified atom stereocenters. The molecule has 1 aliphatic heterocycles. The fourth-order valence-corrected chi connectivity index (χ4v) is 3.95. The smallest absolute Gasteiger partial charge is 0.293 e. The average molecular weight is 392 g/mol. The molecule has 0 saturated carbocycles. The van der Waals surface area contributed by atoms with Crippen molar-refractivity contribution in [3.05, 3.63) is 68.6 Å². The SMILES string of the molecule is O=c1[nH]nc(C(F)(F)F)c2c1CCN(Cc1cccc(-c3cccs3)n1)C2. The van der Waals surface area contributed by atoms with E-state index >= 15 is 0 Å². The summed E-state index contributed by atoms with van der Waals surface area (Å²) in [4.78, 5) is 19.4. The molecule has 4 heterocycles. The Kier molecular flexibility index (Phi) is 4.56. The standard InChI is InChI=1S/C18H15F3N4OS/c19-18(20,21)16-13-10-25(7-6-12(13)17(26)24-23-16)9-11-3-1-4-14(22-11)15-5-2-8-27-15/h1-5,8H,6-7,9-10H2,(H,24,26). The van der Waals surface area contributed by atoms with Crippen LogP contribution >= 0.6 is 11.3 Å². The molecule has 4 rings (SSSR count). The molecule has 0 atom stereocenters. The number of nitrogens with zero attached hydrogens (tertiary/aromatic N) is 3. The lowest BCUT2D eigenvalue weighted by molar-refractivity contribution is -0.143. The van der Waals surface area contributed by atoms with Crippen molar-refractivity contribution in [1.82, 2.24) is 20.1 Å². The fourth-order valence-electron chi connectivity index (χ4n) is 3.26. The Hall–Kier alpha value is -2.52. The van der Waals surface area contributed by atoms with Gasteiger partial charge in [-0.05, 0) is 30.0 Å². The van der Waals surface area contributed by atoms with E-state index in [-0.39, 0.29) is 24.1 Å². The van der Waals surface area contributed by atoms with Crippen molar-refractivity contribution in [2.24, 2.45) is 0 Å². The first kappa shape index (κ1) is 17.9. The second-order valence-corrected chi connectivity index (χ2v) is 7.26. The zero-order valence-electron chi connectivity index (χ0n) is 14.1. The van der Waals surface area contributed by atoms with Crippen molar-refractivity contribution < 1.29 is 13.2 Å². The molecule has 0 spiro atoms. The number of nitrogens with one attached hydrogen (secondary N) is 1. The largest absolute Gasteiger partial charge is 0.435 e. The highest BCUT2D eigenvalue weighted by Crippen LogP contribution is 2.33. The van der Waals surface area contributed by atoms with Crippen molar-refractivity contribution >= 4 is 11.3 Å². The van der Waals surface area contributed by atoms with Crippen LogP contribution in [0, 0.1) is 0 Å². The number of fused-ring (bicyclic) bond motifs is 1. The molecule has 140 valence electrons. The minimum atomic E-state index is -4.60. The number of hydrogen-bond donors (Lipinski definition) is 1. The van der Waals surface area contributed by atoms with Gasteiger partial charge in [0.25, 0.3) is 5.56 Å². The number of rotatable bonds is 3. The Balaban J connectivity index is 1.60. The molecule has 0 radical (unpaired) electrons. The maximum atomic E-state index is 13.3. The predicted octanol–water partition coefficient (Wildman–Crippen LogP) is 3.47. The van der Waals surface area contributed by atoms with Crippen molar-refractivity contribution in [1.29, 1.82) is 0 Å². The molecule has 0 fully saturated rings. The highest BCUT2D eigenvalue weighted by atomic mass is 32.1. The van der Waals surface area contributed by atoms with Crippen molar-refractivity contribution in [3.63, 3.8) is 0 Å². The van der Waals surface area contributed by atoms with Gasteiger partial charge >= 0.3 is 6.18 Å². The highest BCUT2D eigenvalue weighted by molar-refractivity contribution is 7.13. The number of thiophene rings is 1. The van der Waals surface area contributed by atoms with Crippen molar-refractivity contribution in [2.75, 3.05) is 6.54 Å². The molecule has 0 amide bonds. The molecule has 27 heavy (non-hydrogen) atoms. The van der Waals surface area contributed by atoms with Crippen LogP contribution < -0.4 is 5.56 Å². The molecule has 3 aromatic rings. The van der Waals surface area contributed by atoms with Gasteiger partial charge in [0.15, 0.2) is 5.69 Å². The summed E-state index contributed by atoms with van der Waals surface area (Å²) in [5.74, 6) is 0. The van der Waals surface area contributed by atoms with Crippen LogP contribution in [-0.4, -0.2) is 26.6 Å². The van der Waals surface area contributed by atoms with Gasteiger partial charge in [0.2, 0.25) is 0 Å². The fraction of sp³-hybridized carbons (Fsp3) is 0.278. The molecular formula is C18H15F3N4OS. The van der Waals surface area contributed by atoms with Crippen molar-refractivity contribution in [3.8, 4) is 10.6 Å². The Morgan fingerprint density at radius 3 is 2.78 bits per heavy atom. The summed E-state index contributed by atoms with van der Waals surface area (Å²) in [7, 11) is 0. The summed E-state index contributed by atoms with van der Waals surface area (Å²) in [6.07, 6.45) is -4.35. The lowest BCUT2D eigenvalue weighted by Crippen LogP contribution is -2.37. The zero-order valence-corrected chi connectivity index (χ0v) is 14.9. The monoisotopic (exact) mass is 392 g/mol. The summed E-state index contributed by atoms with van der Waals surface area (Å²) >= 11 is 1.58. The van der Waals surface area contributed by atoms with Gasteiger partial charge in [0, 0.05) is 30.8 Å². The van der Waals surface area contributed by atoms with Crippen LogP contribution in [0.5, 0.6) is 0 Å². The third-order valence-corrected chi connectivity index (χ3v) is 5.38. The second kappa shape index (κ2) is 6.90. The maximum absolute atomic E-state index is 13.3. The topological polar surface area (TPSA) is 61.9 Å². The van der Waals surface area contributed by atoms with Crippen LogP contribution in [0.3, 0.4) is 0 Å². The van der Waals surface area contributed by atoms with Gasteiger partial charge in [-0.15, -0.1) is 11.3 Å². The third-order valence-electron chi connectivity index (χ3n) is 4.49. The van der Waals surface area contributed by atoms with Crippen LogP contribution in [0.15, 0.2) is 40.5 Å². The maximum Gasteiger partial charge on any atom is 0.435 e. The first-order valence-electron chi connectivity index (χ1n) is 8.31. The Labute approximate surface area is 156 Å². The quantitative estimate of drug-likeness (QED) is 0.742. The molecule has 1 N–H and O–H groups in total. The van der Waals surface area contributed by atoms with Crippen LogP contribution in [0.25, 0.3) is 10.6 Å². The summed E-state index contributed by atoms with van der Waals surface area (Å²) in [5, 5.41) is 7.18. The number of alkyl halides is 3. The Morgan fingerprint density at radius 2 is 2.04 bits per heavy atom. The molecular weight excluding hydrogens is 377 g/mol. The molecule has 5 nitrogen and oxygen atoms in total. The van der Waals surface area contributed by atoms with Gasteiger partial charge in [-0.25, -0.2) is 5.10 Å². The number of aromatic amines is 1. The number of hydrogen-bond acceptors (Lipinski definition) is 5. The minimum absolute atomic E-state index is 0.0198. The minimum Gasteiger partial charge on any atom is -0.293 e. The Bertz CT molecular complexity index is 1010. The number of halogens is 3. The molecule has 9 heteroatoms. The molecule has 0 aromatic carbocycles. The summed E-state index contributed by atoms with van der Waals surface area (Å²) in [5.41, 5.74) is 0.197. The Morgan fingerprint density at radius 1 is 1.19 bits per heavy atom. The van der Waals surface area contributed by atoms with E-state index in [1.165, 1.54) is 0 Å². The highest BCUT2D eigenvalue weighted by Gasteiger charge is 2.38. The van der Waals surface area contributed by atoms with Gasteiger partial charge in [0.1, 0.15) is 0 Å². The van der Waals surface area contributed by atoms with Gasteiger partial charge in [0.05, 0.1) is 16.3 Å². The third kappa shape index (κ3) is 3.65.